The molecule has 1 heterocycles. The van der Waals surface area contributed by atoms with Crippen molar-refractivity contribution in [3.05, 3.63) is 33.8 Å². The molecule has 1 fully saturated rings. The third-order valence-electron chi connectivity index (χ3n) is 3.19. The minimum absolute atomic E-state index is 0.172. The van der Waals surface area contributed by atoms with Crippen LogP contribution in [0, 0.1) is 5.92 Å². The summed E-state index contributed by atoms with van der Waals surface area (Å²) in [4.78, 5) is 12.1. The number of carbonyl (C=O) groups is 1. The molecular formula is C13H15Cl2NO. The molecule has 0 saturated carbocycles. The Morgan fingerprint density at radius 2 is 2.00 bits per heavy atom. The molecule has 1 aliphatic rings. The van der Waals surface area contributed by atoms with Crippen LogP contribution < -0.4 is 5.32 Å². The van der Waals surface area contributed by atoms with Gasteiger partial charge >= 0.3 is 0 Å². The van der Waals surface area contributed by atoms with Gasteiger partial charge in [-0.3, -0.25) is 4.79 Å². The maximum atomic E-state index is 12.1. The van der Waals surface area contributed by atoms with Gasteiger partial charge in [-0.25, -0.2) is 0 Å². The minimum Gasteiger partial charge on any atom is -0.317 e. The van der Waals surface area contributed by atoms with Crippen LogP contribution in [0.2, 0.25) is 10.0 Å². The first-order valence-corrected chi connectivity index (χ1v) is 6.60. The topological polar surface area (TPSA) is 29.1 Å². The maximum absolute atomic E-state index is 12.1. The summed E-state index contributed by atoms with van der Waals surface area (Å²) in [6, 6.07) is 5.44. The summed E-state index contributed by atoms with van der Waals surface area (Å²) in [7, 11) is 0. The predicted molar refractivity (Wildman–Crippen MR) is 70.8 cm³/mol. The molecule has 0 radical (unpaired) electrons. The number of Topliss-reactive ketones (excluding diaryl/α,β-unsaturated/α-hetero) is 1. The molecule has 0 spiro atoms. The fraction of sp³-hybridized carbons (Fsp3) is 0.462. The van der Waals surface area contributed by atoms with Crippen LogP contribution in [0.25, 0.3) is 0 Å². The first kappa shape index (κ1) is 12.9. The number of rotatable bonds is 3. The minimum atomic E-state index is 0.172. The fourth-order valence-electron chi connectivity index (χ4n) is 2.16. The van der Waals surface area contributed by atoms with E-state index < -0.39 is 0 Å². The van der Waals surface area contributed by atoms with Crippen molar-refractivity contribution < 1.29 is 4.79 Å². The van der Waals surface area contributed by atoms with Gasteiger partial charge in [0.2, 0.25) is 0 Å². The quantitative estimate of drug-likeness (QED) is 0.916. The molecule has 0 amide bonds. The lowest BCUT2D eigenvalue weighted by atomic mass is 9.90. The number of carbonyl (C=O) groups excluding carboxylic acids is 1. The molecule has 0 aliphatic carbocycles. The van der Waals surface area contributed by atoms with Crippen molar-refractivity contribution in [2.45, 2.75) is 19.3 Å². The highest BCUT2D eigenvalue weighted by Crippen LogP contribution is 2.27. The van der Waals surface area contributed by atoms with E-state index in [1.807, 2.05) is 12.1 Å². The van der Waals surface area contributed by atoms with E-state index in [1.54, 1.807) is 6.07 Å². The van der Waals surface area contributed by atoms with E-state index in [0.717, 1.165) is 31.5 Å². The SMILES string of the molecule is O=C(Cc1cccc(Cl)c1Cl)C1CCNCC1. The molecule has 4 heteroatoms. The number of hydrogen-bond donors (Lipinski definition) is 1. The molecule has 0 aromatic heterocycles. The zero-order valence-corrected chi connectivity index (χ0v) is 11.0. The van der Waals surface area contributed by atoms with E-state index in [2.05, 4.69) is 5.32 Å². The number of nitrogens with one attached hydrogen (secondary N) is 1. The van der Waals surface area contributed by atoms with E-state index in [1.165, 1.54) is 0 Å². The fourth-order valence-corrected chi connectivity index (χ4v) is 2.55. The molecule has 17 heavy (non-hydrogen) atoms. The van der Waals surface area contributed by atoms with Gasteiger partial charge < -0.3 is 5.32 Å². The van der Waals surface area contributed by atoms with Crippen LogP contribution >= 0.6 is 23.2 Å². The normalized spacial score (nSPS) is 17.1. The molecule has 0 atom stereocenters. The standard InChI is InChI=1S/C13H15Cl2NO/c14-11-3-1-2-10(13(11)15)8-12(17)9-4-6-16-7-5-9/h1-3,9,16H,4-8H2. The average Bonchev–Trinajstić information content (AvgIpc) is 2.36. The Morgan fingerprint density at radius 1 is 1.29 bits per heavy atom. The van der Waals surface area contributed by atoms with Gasteiger partial charge in [0.15, 0.2) is 0 Å². The number of ketones is 1. The van der Waals surface area contributed by atoms with Crippen molar-refractivity contribution >= 4 is 29.0 Å². The lowest BCUT2D eigenvalue weighted by Crippen LogP contribution is -2.32. The molecule has 1 aromatic carbocycles. The largest absolute Gasteiger partial charge is 0.317 e. The van der Waals surface area contributed by atoms with Crippen molar-refractivity contribution in [1.82, 2.24) is 5.32 Å². The second-order valence-corrected chi connectivity index (χ2v) is 5.17. The lowest BCUT2D eigenvalue weighted by Gasteiger charge is -2.21. The van der Waals surface area contributed by atoms with E-state index in [0.29, 0.717) is 16.5 Å². The highest BCUT2D eigenvalue weighted by Gasteiger charge is 2.21. The highest BCUT2D eigenvalue weighted by molar-refractivity contribution is 6.42. The van der Waals surface area contributed by atoms with Gasteiger partial charge in [-0.1, -0.05) is 35.3 Å². The summed E-state index contributed by atoms with van der Waals surface area (Å²) < 4.78 is 0. The van der Waals surface area contributed by atoms with E-state index >= 15 is 0 Å². The molecule has 1 aliphatic heterocycles. The number of halogens is 2. The highest BCUT2D eigenvalue weighted by atomic mass is 35.5. The van der Waals surface area contributed by atoms with Crippen LogP contribution in [-0.4, -0.2) is 18.9 Å². The Bertz CT molecular complexity index is 414. The molecule has 1 aromatic rings. The summed E-state index contributed by atoms with van der Waals surface area (Å²) in [6.45, 7) is 1.86. The van der Waals surface area contributed by atoms with Crippen LogP contribution in [0.1, 0.15) is 18.4 Å². The van der Waals surface area contributed by atoms with Crippen molar-refractivity contribution in [3.8, 4) is 0 Å². The van der Waals surface area contributed by atoms with Gasteiger partial charge in [-0.2, -0.15) is 0 Å². The maximum Gasteiger partial charge on any atom is 0.140 e. The summed E-state index contributed by atoms with van der Waals surface area (Å²) in [5, 5.41) is 4.28. The molecule has 2 nitrogen and oxygen atoms in total. The summed E-state index contributed by atoms with van der Waals surface area (Å²) in [6.07, 6.45) is 2.25. The second-order valence-electron chi connectivity index (χ2n) is 4.38. The van der Waals surface area contributed by atoms with Crippen LogP contribution in [0.4, 0.5) is 0 Å². The first-order valence-electron chi connectivity index (χ1n) is 5.85. The Balaban J connectivity index is 2.04. The van der Waals surface area contributed by atoms with E-state index in [9.17, 15) is 4.79 Å². The second kappa shape index (κ2) is 5.85. The molecule has 92 valence electrons. The van der Waals surface area contributed by atoms with Crippen LogP contribution in [0.15, 0.2) is 18.2 Å². The third-order valence-corrected chi connectivity index (χ3v) is 4.05. The van der Waals surface area contributed by atoms with Gasteiger partial charge in [0.05, 0.1) is 10.0 Å². The van der Waals surface area contributed by atoms with Gasteiger partial charge in [0.1, 0.15) is 5.78 Å². The summed E-state index contributed by atoms with van der Waals surface area (Å²) in [5.74, 6) is 0.446. The third kappa shape index (κ3) is 3.21. The first-order chi connectivity index (χ1) is 8.18. The molecular weight excluding hydrogens is 257 g/mol. The van der Waals surface area contributed by atoms with Crippen LogP contribution in [-0.2, 0) is 11.2 Å². The molecule has 2 rings (SSSR count). The summed E-state index contributed by atoms with van der Waals surface area (Å²) >= 11 is 12.0. The Morgan fingerprint density at radius 3 is 2.71 bits per heavy atom. The van der Waals surface area contributed by atoms with Gasteiger partial charge in [-0.05, 0) is 37.6 Å². The van der Waals surface area contributed by atoms with Gasteiger partial charge in [0, 0.05) is 12.3 Å². The van der Waals surface area contributed by atoms with E-state index in [-0.39, 0.29) is 11.7 Å². The zero-order valence-electron chi connectivity index (χ0n) is 9.51. The van der Waals surface area contributed by atoms with Crippen molar-refractivity contribution in [3.63, 3.8) is 0 Å². The Kier molecular flexibility index (Phi) is 4.43. The molecule has 0 unspecified atom stereocenters. The Hall–Kier alpha value is -0.570. The molecule has 1 saturated heterocycles. The lowest BCUT2D eigenvalue weighted by molar-refractivity contribution is -0.122. The van der Waals surface area contributed by atoms with Crippen molar-refractivity contribution in [1.29, 1.82) is 0 Å². The monoisotopic (exact) mass is 271 g/mol. The van der Waals surface area contributed by atoms with Gasteiger partial charge in [-0.15, -0.1) is 0 Å². The number of piperidine rings is 1. The van der Waals surface area contributed by atoms with Crippen LogP contribution in [0.3, 0.4) is 0 Å². The number of hydrogen-bond acceptors (Lipinski definition) is 2. The van der Waals surface area contributed by atoms with Crippen molar-refractivity contribution in [2.24, 2.45) is 5.92 Å². The van der Waals surface area contributed by atoms with Crippen molar-refractivity contribution in [2.75, 3.05) is 13.1 Å². The Labute approximate surface area is 111 Å². The summed E-state index contributed by atoms with van der Waals surface area (Å²) in [5.41, 5.74) is 0.836. The van der Waals surface area contributed by atoms with Crippen LogP contribution in [0.5, 0.6) is 0 Å². The zero-order chi connectivity index (χ0) is 12.3. The molecule has 1 N–H and O–H groups in total. The smallest absolute Gasteiger partial charge is 0.140 e. The predicted octanol–water partition coefficient (Wildman–Crippen LogP) is 3.10. The average molecular weight is 272 g/mol. The number of benzene rings is 1. The molecule has 0 bridgehead atoms. The van der Waals surface area contributed by atoms with Gasteiger partial charge in [0.25, 0.3) is 0 Å². The van der Waals surface area contributed by atoms with E-state index in [4.69, 9.17) is 23.2 Å².